The molecule has 2 aromatic rings. The minimum absolute atomic E-state index is 0. The Morgan fingerprint density at radius 2 is 1.95 bits per heavy atom. The number of nitrogens with zero attached hydrogens (tertiary/aromatic N) is 3. The van der Waals surface area contributed by atoms with Crippen molar-refractivity contribution in [3.8, 4) is 0 Å². The summed E-state index contributed by atoms with van der Waals surface area (Å²) in [7, 11) is 0. The third kappa shape index (κ3) is 3.46. The molecule has 0 spiro atoms. The summed E-state index contributed by atoms with van der Waals surface area (Å²) in [4.78, 5) is 2.44. The SMILES string of the molecule is CCn1nccc1CN1C[C@@H](N)[C@H](c2ccccc2)C1.Cl. The predicted molar refractivity (Wildman–Crippen MR) is 87.6 cm³/mol. The second-order valence-corrected chi connectivity index (χ2v) is 5.51. The van der Waals surface area contributed by atoms with Crippen LogP contribution in [-0.4, -0.2) is 33.8 Å². The van der Waals surface area contributed by atoms with Gasteiger partial charge in [-0.2, -0.15) is 5.10 Å². The van der Waals surface area contributed by atoms with Gasteiger partial charge in [-0.05, 0) is 18.6 Å². The normalized spacial score (nSPS) is 22.2. The van der Waals surface area contributed by atoms with E-state index < -0.39 is 0 Å². The van der Waals surface area contributed by atoms with Crippen molar-refractivity contribution in [2.24, 2.45) is 5.73 Å². The maximum Gasteiger partial charge on any atom is 0.0524 e. The Balaban J connectivity index is 0.00000161. The molecule has 1 aliphatic rings. The number of likely N-dealkylation sites (tertiary alicyclic amines) is 1. The first kappa shape index (κ1) is 16.0. The van der Waals surface area contributed by atoms with Crippen molar-refractivity contribution in [2.45, 2.75) is 32.0 Å². The summed E-state index contributed by atoms with van der Waals surface area (Å²) in [6.45, 7) is 5.96. The van der Waals surface area contributed by atoms with Gasteiger partial charge >= 0.3 is 0 Å². The fraction of sp³-hybridized carbons (Fsp3) is 0.438. The number of halogens is 1. The average molecular weight is 307 g/mol. The molecule has 2 atom stereocenters. The Morgan fingerprint density at radius 3 is 2.67 bits per heavy atom. The van der Waals surface area contributed by atoms with E-state index in [4.69, 9.17) is 5.73 Å². The van der Waals surface area contributed by atoms with E-state index in [0.717, 1.165) is 26.2 Å². The molecule has 3 rings (SSSR count). The molecule has 1 aromatic heterocycles. The molecular formula is C16H23ClN4. The van der Waals surface area contributed by atoms with Crippen LogP contribution >= 0.6 is 12.4 Å². The van der Waals surface area contributed by atoms with E-state index in [9.17, 15) is 0 Å². The lowest BCUT2D eigenvalue weighted by Gasteiger charge is -2.16. The number of rotatable bonds is 4. The van der Waals surface area contributed by atoms with E-state index in [-0.39, 0.29) is 18.4 Å². The highest BCUT2D eigenvalue weighted by Crippen LogP contribution is 2.27. The number of hydrogen-bond acceptors (Lipinski definition) is 3. The summed E-state index contributed by atoms with van der Waals surface area (Å²) < 4.78 is 2.06. The van der Waals surface area contributed by atoms with Crippen molar-refractivity contribution < 1.29 is 0 Å². The molecule has 114 valence electrons. The summed E-state index contributed by atoms with van der Waals surface area (Å²) >= 11 is 0. The van der Waals surface area contributed by atoms with E-state index in [1.165, 1.54) is 11.3 Å². The Bertz CT molecular complexity index is 554. The lowest BCUT2D eigenvalue weighted by atomic mass is 9.95. The molecule has 0 aliphatic carbocycles. The Labute approximate surface area is 132 Å². The third-order valence-corrected chi connectivity index (χ3v) is 4.16. The standard InChI is InChI=1S/C16H22N4.ClH/c1-2-20-14(8-9-18-20)10-19-11-15(16(17)12-19)13-6-4-3-5-7-13;/h3-9,15-16H,2,10-12,17H2,1H3;1H/t15-,16+;/m0./s1. The molecule has 0 bridgehead atoms. The molecule has 5 heteroatoms. The van der Waals surface area contributed by atoms with Crippen LogP contribution < -0.4 is 5.73 Å². The van der Waals surface area contributed by atoms with Crippen LogP contribution in [0.1, 0.15) is 24.1 Å². The number of aryl methyl sites for hydroxylation is 1. The topological polar surface area (TPSA) is 47.1 Å². The van der Waals surface area contributed by atoms with Crippen molar-refractivity contribution in [1.29, 1.82) is 0 Å². The molecule has 1 aliphatic heterocycles. The van der Waals surface area contributed by atoms with Gasteiger partial charge in [0, 0.05) is 44.3 Å². The monoisotopic (exact) mass is 306 g/mol. The van der Waals surface area contributed by atoms with Gasteiger partial charge in [0.25, 0.3) is 0 Å². The van der Waals surface area contributed by atoms with Gasteiger partial charge in [-0.1, -0.05) is 30.3 Å². The molecule has 1 fully saturated rings. The smallest absolute Gasteiger partial charge is 0.0524 e. The van der Waals surface area contributed by atoms with Crippen molar-refractivity contribution in [3.05, 3.63) is 53.9 Å². The Morgan fingerprint density at radius 1 is 1.19 bits per heavy atom. The summed E-state index contributed by atoms with van der Waals surface area (Å²) in [5, 5.41) is 4.33. The number of hydrogen-bond donors (Lipinski definition) is 1. The molecule has 2 heterocycles. The van der Waals surface area contributed by atoms with Crippen LogP contribution in [0, 0.1) is 0 Å². The fourth-order valence-electron chi connectivity index (χ4n) is 3.10. The first-order valence-corrected chi connectivity index (χ1v) is 7.31. The summed E-state index contributed by atoms with van der Waals surface area (Å²) in [6.07, 6.45) is 1.88. The molecule has 1 aromatic carbocycles. The van der Waals surface area contributed by atoms with Crippen LogP contribution in [0.2, 0.25) is 0 Å². The summed E-state index contributed by atoms with van der Waals surface area (Å²) in [6, 6.07) is 12.9. The third-order valence-electron chi connectivity index (χ3n) is 4.16. The van der Waals surface area contributed by atoms with Gasteiger partial charge < -0.3 is 5.73 Å². The predicted octanol–water partition coefficient (Wildman–Crippen LogP) is 2.25. The van der Waals surface area contributed by atoms with Crippen molar-refractivity contribution in [1.82, 2.24) is 14.7 Å². The number of benzene rings is 1. The van der Waals surface area contributed by atoms with Crippen LogP contribution in [0.4, 0.5) is 0 Å². The molecule has 2 N–H and O–H groups in total. The minimum atomic E-state index is 0. The second-order valence-electron chi connectivity index (χ2n) is 5.51. The van der Waals surface area contributed by atoms with Crippen molar-refractivity contribution in [3.63, 3.8) is 0 Å². The van der Waals surface area contributed by atoms with E-state index in [1.54, 1.807) is 0 Å². The molecule has 1 saturated heterocycles. The zero-order valence-corrected chi connectivity index (χ0v) is 13.2. The Kier molecular flexibility index (Phi) is 5.39. The van der Waals surface area contributed by atoms with E-state index in [1.807, 2.05) is 6.20 Å². The van der Waals surface area contributed by atoms with Gasteiger partial charge in [0.1, 0.15) is 0 Å². The molecule has 0 radical (unpaired) electrons. The summed E-state index contributed by atoms with van der Waals surface area (Å²) in [5.74, 6) is 0.439. The van der Waals surface area contributed by atoms with Gasteiger partial charge in [0.15, 0.2) is 0 Å². The zero-order valence-electron chi connectivity index (χ0n) is 12.4. The van der Waals surface area contributed by atoms with Gasteiger partial charge in [0.05, 0.1) is 5.69 Å². The first-order chi connectivity index (χ1) is 9.78. The van der Waals surface area contributed by atoms with E-state index >= 15 is 0 Å². The minimum Gasteiger partial charge on any atom is -0.326 e. The van der Waals surface area contributed by atoms with Crippen LogP contribution in [0.3, 0.4) is 0 Å². The maximum absolute atomic E-state index is 6.34. The zero-order chi connectivity index (χ0) is 13.9. The number of aromatic nitrogens is 2. The fourth-order valence-corrected chi connectivity index (χ4v) is 3.10. The molecule has 0 saturated carbocycles. The van der Waals surface area contributed by atoms with E-state index in [2.05, 4.69) is 58.0 Å². The van der Waals surface area contributed by atoms with Crippen LogP contribution in [-0.2, 0) is 13.1 Å². The van der Waals surface area contributed by atoms with Crippen LogP contribution in [0.15, 0.2) is 42.6 Å². The summed E-state index contributed by atoms with van der Waals surface area (Å²) in [5.41, 5.74) is 8.96. The highest BCUT2D eigenvalue weighted by atomic mass is 35.5. The number of nitrogens with two attached hydrogens (primary N) is 1. The lowest BCUT2D eigenvalue weighted by Crippen LogP contribution is -2.29. The average Bonchev–Trinajstić information content (AvgIpc) is 3.06. The largest absolute Gasteiger partial charge is 0.326 e. The van der Waals surface area contributed by atoms with Gasteiger partial charge in [0.2, 0.25) is 0 Å². The van der Waals surface area contributed by atoms with Crippen molar-refractivity contribution >= 4 is 12.4 Å². The molecule has 21 heavy (non-hydrogen) atoms. The lowest BCUT2D eigenvalue weighted by molar-refractivity contribution is 0.312. The highest BCUT2D eigenvalue weighted by Gasteiger charge is 2.31. The van der Waals surface area contributed by atoms with Crippen LogP contribution in [0.5, 0.6) is 0 Å². The second kappa shape index (κ2) is 7.07. The quantitative estimate of drug-likeness (QED) is 0.942. The molecule has 0 amide bonds. The molecule has 4 nitrogen and oxygen atoms in total. The van der Waals surface area contributed by atoms with Gasteiger partial charge in [-0.15, -0.1) is 12.4 Å². The maximum atomic E-state index is 6.34. The van der Waals surface area contributed by atoms with Gasteiger partial charge in [-0.3, -0.25) is 9.58 Å². The Hall–Kier alpha value is -1.36. The molecule has 0 unspecified atom stereocenters. The first-order valence-electron chi connectivity index (χ1n) is 7.31. The van der Waals surface area contributed by atoms with E-state index in [0.29, 0.717) is 5.92 Å². The van der Waals surface area contributed by atoms with Gasteiger partial charge in [-0.25, -0.2) is 0 Å². The van der Waals surface area contributed by atoms with Crippen molar-refractivity contribution in [2.75, 3.05) is 13.1 Å². The molecular weight excluding hydrogens is 284 g/mol. The highest BCUT2D eigenvalue weighted by molar-refractivity contribution is 5.85. The van der Waals surface area contributed by atoms with Crippen LogP contribution in [0.25, 0.3) is 0 Å².